The zero-order chi connectivity index (χ0) is 26.8. The highest BCUT2D eigenvalue weighted by atomic mass is 32.2. The number of fused-ring (bicyclic) bond motifs is 2. The van der Waals surface area contributed by atoms with Gasteiger partial charge in [0.05, 0.1) is 29.5 Å². The molecule has 0 N–H and O–H groups in total. The van der Waals surface area contributed by atoms with Gasteiger partial charge in [-0.3, -0.25) is 4.79 Å². The van der Waals surface area contributed by atoms with E-state index in [2.05, 4.69) is 6.92 Å². The van der Waals surface area contributed by atoms with Gasteiger partial charge in [0, 0.05) is 12.3 Å². The number of carbonyl (C=O) groups is 1. The first-order valence-corrected chi connectivity index (χ1v) is 15.2. The Kier molecular flexibility index (Phi) is 10.6. The van der Waals surface area contributed by atoms with Gasteiger partial charge in [-0.2, -0.15) is 0 Å². The van der Waals surface area contributed by atoms with E-state index in [1.807, 2.05) is 0 Å². The highest BCUT2D eigenvalue weighted by molar-refractivity contribution is 7.91. The molecular formula is C29H38O7S. The van der Waals surface area contributed by atoms with Gasteiger partial charge in [-0.1, -0.05) is 64.7 Å². The van der Waals surface area contributed by atoms with Crippen LogP contribution in [0.1, 0.15) is 88.4 Å². The molecule has 37 heavy (non-hydrogen) atoms. The van der Waals surface area contributed by atoms with Gasteiger partial charge < -0.3 is 13.9 Å². The summed E-state index contributed by atoms with van der Waals surface area (Å²) in [5.41, 5.74) is -0.0426. The summed E-state index contributed by atoms with van der Waals surface area (Å²) >= 11 is 0. The minimum Gasteiger partial charge on any atom is -0.494 e. The summed E-state index contributed by atoms with van der Waals surface area (Å²) in [4.78, 5) is 25.4. The first kappa shape index (κ1) is 28.7. The third-order valence-electron chi connectivity index (χ3n) is 6.39. The Morgan fingerprint density at radius 2 is 1.51 bits per heavy atom. The van der Waals surface area contributed by atoms with E-state index < -0.39 is 21.2 Å². The highest BCUT2D eigenvalue weighted by Crippen LogP contribution is 2.30. The average molecular weight is 531 g/mol. The van der Waals surface area contributed by atoms with Crippen molar-refractivity contribution in [3.8, 4) is 5.75 Å². The molecule has 3 aromatic rings. The van der Waals surface area contributed by atoms with Crippen LogP contribution in [0.5, 0.6) is 5.75 Å². The number of hydrogen-bond acceptors (Lipinski definition) is 7. The van der Waals surface area contributed by atoms with Gasteiger partial charge in [0.25, 0.3) is 0 Å². The Morgan fingerprint density at radius 1 is 0.865 bits per heavy atom. The second-order valence-corrected chi connectivity index (χ2v) is 11.4. The zero-order valence-electron chi connectivity index (χ0n) is 22.1. The number of ether oxygens (including phenoxy) is 2. The van der Waals surface area contributed by atoms with Crippen molar-refractivity contribution in [2.75, 3.05) is 19.5 Å². The van der Waals surface area contributed by atoms with E-state index >= 15 is 0 Å². The van der Waals surface area contributed by atoms with E-state index in [-0.39, 0.29) is 39.0 Å². The summed E-state index contributed by atoms with van der Waals surface area (Å²) in [5, 5.41) is 0.263. The van der Waals surface area contributed by atoms with Crippen LogP contribution < -0.4 is 10.2 Å². The Hall–Kier alpha value is -2.87. The normalized spacial score (nSPS) is 11.8. The number of esters is 1. The maximum absolute atomic E-state index is 13.3. The van der Waals surface area contributed by atoms with Crippen LogP contribution in [0.4, 0.5) is 0 Å². The molecule has 0 spiro atoms. The molecule has 0 saturated heterocycles. The van der Waals surface area contributed by atoms with Crippen LogP contribution in [0, 0.1) is 0 Å². The molecule has 202 valence electrons. The number of sulfone groups is 1. The third kappa shape index (κ3) is 7.81. The quantitative estimate of drug-likeness (QED) is 0.121. The molecule has 0 aliphatic rings. The van der Waals surface area contributed by atoms with Gasteiger partial charge in [0.2, 0.25) is 5.43 Å². The number of benzene rings is 2. The van der Waals surface area contributed by atoms with Crippen molar-refractivity contribution in [2.45, 2.75) is 83.0 Å². The lowest BCUT2D eigenvalue weighted by molar-refractivity contribution is 0.0526. The van der Waals surface area contributed by atoms with Crippen LogP contribution >= 0.6 is 0 Å². The molecule has 0 radical (unpaired) electrons. The molecule has 0 fully saturated rings. The lowest BCUT2D eigenvalue weighted by Gasteiger charge is -2.11. The summed E-state index contributed by atoms with van der Waals surface area (Å²) in [6.45, 7) is 4.56. The van der Waals surface area contributed by atoms with Crippen LogP contribution in [0.3, 0.4) is 0 Å². The monoisotopic (exact) mass is 530 g/mol. The van der Waals surface area contributed by atoms with Crippen LogP contribution in [0.25, 0.3) is 21.9 Å². The molecular weight excluding hydrogens is 492 g/mol. The molecule has 7 nitrogen and oxygen atoms in total. The van der Waals surface area contributed by atoms with Gasteiger partial charge in [-0.15, -0.1) is 0 Å². The van der Waals surface area contributed by atoms with E-state index in [0.717, 1.165) is 25.5 Å². The average Bonchev–Trinajstić information content (AvgIpc) is 2.86. The minimum absolute atomic E-state index is 0.0184. The van der Waals surface area contributed by atoms with Crippen molar-refractivity contribution < 1.29 is 27.1 Å². The minimum atomic E-state index is -3.71. The van der Waals surface area contributed by atoms with Crippen LogP contribution in [-0.2, 0) is 14.6 Å². The standard InChI is InChI=1S/C29H38O7S/c1-4-6-7-8-9-10-11-12-13-14-17-35-22-19-24-27(30)23-18-21(29(31)34-5-2)15-16-25(23)36-28(24)26(20-22)37(3,32)33/h15-16,18-20H,4-14,17H2,1-3H3. The van der Waals surface area contributed by atoms with E-state index in [1.54, 1.807) is 6.92 Å². The molecule has 2 aromatic carbocycles. The zero-order valence-corrected chi connectivity index (χ0v) is 23.0. The molecule has 3 rings (SSSR count). The molecule has 0 amide bonds. The van der Waals surface area contributed by atoms with Gasteiger partial charge in [0.15, 0.2) is 15.4 Å². The molecule has 0 saturated carbocycles. The maximum Gasteiger partial charge on any atom is 0.338 e. The van der Waals surface area contributed by atoms with E-state index in [1.165, 1.54) is 75.3 Å². The number of carbonyl (C=O) groups excluding carboxylic acids is 1. The highest BCUT2D eigenvalue weighted by Gasteiger charge is 2.21. The summed E-state index contributed by atoms with van der Waals surface area (Å²) < 4.78 is 41.8. The predicted octanol–water partition coefficient (Wildman–Crippen LogP) is 6.83. The van der Waals surface area contributed by atoms with Gasteiger partial charge in [-0.05, 0) is 37.6 Å². The maximum atomic E-state index is 13.3. The molecule has 0 atom stereocenters. The first-order valence-electron chi connectivity index (χ1n) is 13.3. The van der Waals surface area contributed by atoms with Crippen molar-refractivity contribution in [3.63, 3.8) is 0 Å². The Balaban J connectivity index is 1.75. The molecule has 0 aliphatic heterocycles. The number of hydrogen-bond donors (Lipinski definition) is 0. The lowest BCUT2D eigenvalue weighted by Crippen LogP contribution is -2.09. The fourth-order valence-corrected chi connectivity index (χ4v) is 5.20. The van der Waals surface area contributed by atoms with Crippen molar-refractivity contribution in [2.24, 2.45) is 0 Å². The van der Waals surface area contributed by atoms with Crippen LogP contribution in [-0.4, -0.2) is 33.9 Å². The Labute approximate surface area is 219 Å². The third-order valence-corrected chi connectivity index (χ3v) is 7.49. The van der Waals surface area contributed by atoms with Crippen molar-refractivity contribution >= 4 is 37.7 Å². The van der Waals surface area contributed by atoms with Crippen molar-refractivity contribution in [1.82, 2.24) is 0 Å². The lowest BCUT2D eigenvalue weighted by atomic mass is 10.1. The van der Waals surface area contributed by atoms with Gasteiger partial charge in [0.1, 0.15) is 16.2 Å². The molecule has 1 aromatic heterocycles. The molecule has 0 unspecified atom stereocenters. The summed E-state index contributed by atoms with van der Waals surface area (Å²) in [5.74, 6) is -0.244. The second-order valence-electron chi connectivity index (χ2n) is 9.46. The fraction of sp³-hybridized carbons (Fsp3) is 0.517. The van der Waals surface area contributed by atoms with E-state index in [4.69, 9.17) is 13.9 Å². The summed E-state index contributed by atoms with van der Waals surface area (Å²) in [6.07, 6.45) is 13.1. The van der Waals surface area contributed by atoms with Crippen molar-refractivity contribution in [1.29, 1.82) is 0 Å². The SMILES string of the molecule is CCCCCCCCCCCCOc1cc(S(C)(=O)=O)c2oc3ccc(C(=O)OCC)cc3c(=O)c2c1. The Bertz CT molecular complexity index is 1370. The molecule has 0 aliphatic carbocycles. The van der Waals surface area contributed by atoms with Gasteiger partial charge in [-0.25, -0.2) is 13.2 Å². The van der Waals surface area contributed by atoms with Gasteiger partial charge >= 0.3 is 5.97 Å². The van der Waals surface area contributed by atoms with Crippen LogP contribution in [0.15, 0.2) is 44.4 Å². The van der Waals surface area contributed by atoms with E-state index in [9.17, 15) is 18.0 Å². The number of rotatable bonds is 15. The molecule has 1 heterocycles. The molecule has 0 bridgehead atoms. The van der Waals surface area contributed by atoms with E-state index in [0.29, 0.717) is 12.4 Å². The smallest absolute Gasteiger partial charge is 0.338 e. The number of unbranched alkanes of at least 4 members (excludes halogenated alkanes) is 9. The largest absolute Gasteiger partial charge is 0.494 e. The first-order chi connectivity index (χ1) is 17.8. The predicted molar refractivity (Wildman–Crippen MR) is 146 cm³/mol. The van der Waals surface area contributed by atoms with Crippen molar-refractivity contribution in [3.05, 3.63) is 46.1 Å². The topological polar surface area (TPSA) is 99.9 Å². The van der Waals surface area contributed by atoms with Crippen LogP contribution in [0.2, 0.25) is 0 Å². The Morgan fingerprint density at radius 3 is 2.14 bits per heavy atom. The summed E-state index contributed by atoms with van der Waals surface area (Å²) in [6, 6.07) is 7.30. The fourth-order valence-electron chi connectivity index (χ4n) is 4.38. The second kappa shape index (κ2) is 13.6. The molecule has 8 heteroatoms. The summed E-state index contributed by atoms with van der Waals surface area (Å²) in [7, 11) is -3.71.